The number of rotatable bonds is 7. The van der Waals surface area contributed by atoms with Crippen molar-refractivity contribution in [1.82, 2.24) is 15.2 Å². The molecule has 0 radical (unpaired) electrons. The number of methoxy groups -OCH3 is 1. The van der Waals surface area contributed by atoms with Crippen LogP contribution in [0.2, 0.25) is 0 Å². The number of carbonyl (C=O) groups excluding carboxylic acids is 1. The normalized spacial score (nSPS) is 10.5. The van der Waals surface area contributed by atoms with Crippen molar-refractivity contribution in [3.63, 3.8) is 0 Å². The second-order valence-corrected chi connectivity index (χ2v) is 6.32. The molecule has 0 bridgehead atoms. The van der Waals surface area contributed by atoms with Crippen LogP contribution in [-0.2, 0) is 13.0 Å². The van der Waals surface area contributed by atoms with Crippen molar-refractivity contribution >= 4 is 6.03 Å². The molecule has 0 saturated heterocycles. The van der Waals surface area contributed by atoms with Crippen LogP contribution in [0.3, 0.4) is 0 Å². The van der Waals surface area contributed by atoms with Crippen molar-refractivity contribution < 1.29 is 18.3 Å². The molecule has 0 aliphatic rings. The van der Waals surface area contributed by atoms with Gasteiger partial charge in [-0.1, -0.05) is 24.3 Å². The molecule has 0 aliphatic heterocycles. The first-order chi connectivity index (χ1) is 13.6. The molecule has 0 spiro atoms. The summed E-state index contributed by atoms with van der Waals surface area (Å²) in [7, 11) is 3.07. The van der Waals surface area contributed by atoms with Gasteiger partial charge in [0.15, 0.2) is 11.6 Å². The third-order valence-electron chi connectivity index (χ3n) is 4.21. The van der Waals surface area contributed by atoms with Crippen LogP contribution in [0.4, 0.5) is 9.18 Å². The maximum absolute atomic E-state index is 13.8. The minimum atomic E-state index is -0.450. The zero-order valence-electron chi connectivity index (χ0n) is 15.8. The predicted octanol–water partition coefficient (Wildman–Crippen LogP) is 3.87. The lowest BCUT2D eigenvalue weighted by Crippen LogP contribution is -2.37. The number of ether oxygens (including phenoxy) is 1. The lowest BCUT2D eigenvalue weighted by molar-refractivity contribution is 0.207. The van der Waals surface area contributed by atoms with E-state index in [0.717, 1.165) is 11.3 Å². The zero-order valence-corrected chi connectivity index (χ0v) is 15.8. The van der Waals surface area contributed by atoms with Crippen molar-refractivity contribution in [3.8, 4) is 17.2 Å². The average molecular weight is 383 g/mol. The Balaban J connectivity index is 1.47. The Morgan fingerprint density at radius 1 is 1.25 bits per heavy atom. The van der Waals surface area contributed by atoms with Gasteiger partial charge in [0.2, 0.25) is 5.89 Å². The number of urea groups is 1. The van der Waals surface area contributed by atoms with Crippen LogP contribution in [0, 0.1) is 5.82 Å². The summed E-state index contributed by atoms with van der Waals surface area (Å²) in [6, 6.07) is 14.0. The van der Waals surface area contributed by atoms with Crippen LogP contribution in [0.5, 0.6) is 5.75 Å². The number of benzene rings is 2. The zero-order chi connectivity index (χ0) is 19.9. The van der Waals surface area contributed by atoms with Crippen molar-refractivity contribution in [2.24, 2.45) is 0 Å². The van der Waals surface area contributed by atoms with E-state index in [0.29, 0.717) is 24.4 Å². The minimum absolute atomic E-state index is 0.179. The summed E-state index contributed by atoms with van der Waals surface area (Å²) < 4.78 is 24.1. The van der Waals surface area contributed by atoms with Crippen LogP contribution in [-0.4, -0.2) is 36.6 Å². The van der Waals surface area contributed by atoms with Gasteiger partial charge in [-0.25, -0.2) is 14.2 Å². The van der Waals surface area contributed by atoms with Crippen molar-refractivity contribution in [2.45, 2.75) is 13.0 Å². The Bertz CT molecular complexity index is 928. The minimum Gasteiger partial charge on any atom is -0.494 e. The van der Waals surface area contributed by atoms with E-state index in [4.69, 9.17) is 9.15 Å². The highest BCUT2D eigenvalue weighted by atomic mass is 19.1. The van der Waals surface area contributed by atoms with Gasteiger partial charge in [0, 0.05) is 32.1 Å². The van der Waals surface area contributed by atoms with Crippen LogP contribution in [0.1, 0.15) is 11.3 Å². The number of hydrogen-bond acceptors (Lipinski definition) is 4. The fourth-order valence-corrected chi connectivity index (χ4v) is 2.72. The van der Waals surface area contributed by atoms with Crippen molar-refractivity contribution in [3.05, 3.63) is 71.9 Å². The molecule has 0 aliphatic carbocycles. The molecule has 3 rings (SSSR count). The number of halogens is 1. The number of hydrogen-bond donors (Lipinski definition) is 1. The van der Waals surface area contributed by atoms with Crippen LogP contribution in [0.25, 0.3) is 11.5 Å². The topological polar surface area (TPSA) is 67.6 Å². The summed E-state index contributed by atoms with van der Waals surface area (Å²) in [4.78, 5) is 18.1. The van der Waals surface area contributed by atoms with Gasteiger partial charge in [-0.3, -0.25) is 0 Å². The Labute approximate surface area is 162 Å². The second-order valence-electron chi connectivity index (χ2n) is 6.32. The van der Waals surface area contributed by atoms with Gasteiger partial charge in [-0.2, -0.15) is 0 Å². The molecule has 1 heterocycles. The monoisotopic (exact) mass is 383 g/mol. The van der Waals surface area contributed by atoms with Gasteiger partial charge in [-0.05, 0) is 29.8 Å². The van der Waals surface area contributed by atoms with Gasteiger partial charge < -0.3 is 19.4 Å². The Kier molecular flexibility index (Phi) is 6.26. The molecule has 7 heteroatoms. The highest BCUT2D eigenvalue weighted by molar-refractivity contribution is 5.73. The van der Waals surface area contributed by atoms with E-state index >= 15 is 0 Å². The van der Waals surface area contributed by atoms with Crippen LogP contribution >= 0.6 is 0 Å². The maximum Gasteiger partial charge on any atom is 0.317 e. The molecule has 0 atom stereocenters. The first-order valence-electron chi connectivity index (χ1n) is 8.88. The second kappa shape index (κ2) is 9.03. The summed E-state index contributed by atoms with van der Waals surface area (Å²) in [5.41, 5.74) is 2.35. The van der Waals surface area contributed by atoms with Crippen molar-refractivity contribution in [2.75, 3.05) is 20.7 Å². The molecule has 3 aromatic rings. The van der Waals surface area contributed by atoms with E-state index < -0.39 is 5.82 Å². The maximum atomic E-state index is 13.8. The molecule has 2 amide bonds. The number of carbonyl (C=O) groups is 1. The van der Waals surface area contributed by atoms with Crippen LogP contribution in [0.15, 0.2) is 59.2 Å². The molecule has 0 saturated carbocycles. The number of amides is 2. The Morgan fingerprint density at radius 2 is 2.04 bits per heavy atom. The molecule has 146 valence electrons. The van der Waals surface area contributed by atoms with Gasteiger partial charge in [0.25, 0.3) is 0 Å². The summed E-state index contributed by atoms with van der Waals surface area (Å²) in [6.45, 7) is 0.704. The largest absolute Gasteiger partial charge is 0.494 e. The number of aromatic nitrogens is 1. The number of nitrogens with zero attached hydrogens (tertiary/aromatic N) is 2. The first kappa shape index (κ1) is 19.4. The molecular weight excluding hydrogens is 361 g/mol. The van der Waals surface area contributed by atoms with E-state index in [1.807, 2.05) is 30.3 Å². The molecule has 28 heavy (non-hydrogen) atoms. The van der Waals surface area contributed by atoms with E-state index in [2.05, 4.69) is 10.3 Å². The SMILES string of the molecule is COc1ccc(CN(C)C(=O)NCCc2coc(-c3ccccc3)n2)cc1F. The van der Waals surface area contributed by atoms with Gasteiger partial charge >= 0.3 is 6.03 Å². The quantitative estimate of drug-likeness (QED) is 0.672. The molecule has 0 unspecified atom stereocenters. The summed E-state index contributed by atoms with van der Waals surface area (Å²) >= 11 is 0. The summed E-state index contributed by atoms with van der Waals surface area (Å²) in [5, 5.41) is 2.82. The molecule has 6 nitrogen and oxygen atoms in total. The molecule has 0 fully saturated rings. The average Bonchev–Trinajstić information content (AvgIpc) is 3.17. The van der Waals surface area contributed by atoms with E-state index in [1.165, 1.54) is 18.1 Å². The predicted molar refractivity (Wildman–Crippen MR) is 103 cm³/mol. The molecule has 1 N–H and O–H groups in total. The van der Waals surface area contributed by atoms with Gasteiger partial charge in [0.1, 0.15) is 6.26 Å². The number of oxazole rings is 1. The third kappa shape index (κ3) is 4.88. The fraction of sp³-hybridized carbons (Fsp3) is 0.238. The Morgan fingerprint density at radius 3 is 2.75 bits per heavy atom. The highest BCUT2D eigenvalue weighted by Crippen LogP contribution is 2.19. The van der Waals surface area contributed by atoms with Crippen LogP contribution < -0.4 is 10.1 Å². The van der Waals surface area contributed by atoms with Crippen molar-refractivity contribution in [1.29, 1.82) is 0 Å². The van der Waals surface area contributed by atoms with E-state index in [1.54, 1.807) is 25.4 Å². The third-order valence-corrected chi connectivity index (χ3v) is 4.21. The van der Waals surface area contributed by atoms with Gasteiger partial charge in [-0.15, -0.1) is 0 Å². The van der Waals surface area contributed by atoms with E-state index in [-0.39, 0.29) is 18.3 Å². The molecule has 1 aromatic heterocycles. The molecule has 2 aromatic carbocycles. The fourth-order valence-electron chi connectivity index (χ4n) is 2.72. The molecular formula is C21H22FN3O3. The number of nitrogens with one attached hydrogen (secondary N) is 1. The lowest BCUT2D eigenvalue weighted by Gasteiger charge is -2.18. The van der Waals surface area contributed by atoms with E-state index in [9.17, 15) is 9.18 Å². The lowest BCUT2D eigenvalue weighted by atomic mass is 10.2. The highest BCUT2D eigenvalue weighted by Gasteiger charge is 2.12. The van der Waals surface area contributed by atoms with Gasteiger partial charge in [0.05, 0.1) is 12.8 Å². The summed E-state index contributed by atoms with van der Waals surface area (Å²) in [6.07, 6.45) is 2.14. The standard InChI is InChI=1S/C21H22FN3O3/c1-25(13-15-8-9-19(27-2)18(22)12-15)21(26)23-11-10-17-14-28-20(24-17)16-6-4-3-5-7-16/h3-9,12,14H,10-11,13H2,1-2H3,(H,23,26). The smallest absolute Gasteiger partial charge is 0.317 e. The first-order valence-corrected chi connectivity index (χ1v) is 8.88. The summed E-state index contributed by atoms with van der Waals surface area (Å²) in [5.74, 6) is 0.285. The Hall–Kier alpha value is -3.35.